The number of aromatic nitrogens is 1. The smallest absolute Gasteiger partial charge is 0.350 e. The number of carbonyl (C=O) groups excluding carboxylic acids is 3. The van der Waals surface area contributed by atoms with E-state index < -0.39 is 5.97 Å². The quantitative estimate of drug-likeness (QED) is 0.451. The van der Waals surface area contributed by atoms with Gasteiger partial charge in [0.25, 0.3) is 0 Å². The van der Waals surface area contributed by atoms with Gasteiger partial charge in [0.2, 0.25) is 5.91 Å². The first-order chi connectivity index (χ1) is 13.8. The number of Topliss-reactive ketones (excluding diaryl/α,β-unsaturated/α-hetero) is 1. The zero-order valence-electron chi connectivity index (χ0n) is 15.7. The highest BCUT2D eigenvalue weighted by molar-refractivity contribution is 7.17. The molecule has 0 atom stereocenters. The summed E-state index contributed by atoms with van der Waals surface area (Å²) in [6.07, 6.45) is 0. The molecule has 2 aromatic carbocycles. The first-order valence-electron chi connectivity index (χ1n) is 8.65. The van der Waals surface area contributed by atoms with E-state index in [0.29, 0.717) is 31.9 Å². The molecule has 0 spiro atoms. The van der Waals surface area contributed by atoms with Crippen LogP contribution >= 0.6 is 22.9 Å². The van der Waals surface area contributed by atoms with Crippen LogP contribution in [-0.4, -0.2) is 29.3 Å². The number of ketones is 1. The minimum absolute atomic E-state index is 0.198. The third-order valence-electron chi connectivity index (χ3n) is 3.93. The van der Waals surface area contributed by atoms with Crippen LogP contribution in [0.5, 0.6) is 0 Å². The highest BCUT2D eigenvalue weighted by Crippen LogP contribution is 2.29. The van der Waals surface area contributed by atoms with Crippen LogP contribution < -0.4 is 5.32 Å². The summed E-state index contributed by atoms with van der Waals surface area (Å²) in [5.41, 5.74) is 2.35. The molecule has 0 saturated heterocycles. The van der Waals surface area contributed by atoms with E-state index in [9.17, 15) is 14.4 Å². The second-order valence-corrected chi connectivity index (χ2v) is 7.63. The molecule has 8 heteroatoms. The first kappa shape index (κ1) is 20.7. The highest BCUT2D eigenvalue weighted by atomic mass is 35.5. The zero-order valence-corrected chi connectivity index (χ0v) is 17.3. The first-order valence-corrected chi connectivity index (χ1v) is 9.84. The average molecular weight is 429 g/mol. The highest BCUT2D eigenvalue weighted by Gasteiger charge is 2.19. The molecule has 0 aliphatic carbocycles. The third kappa shape index (κ3) is 5.28. The van der Waals surface area contributed by atoms with Gasteiger partial charge >= 0.3 is 5.97 Å². The van der Waals surface area contributed by atoms with Gasteiger partial charge in [-0.15, -0.1) is 11.3 Å². The van der Waals surface area contributed by atoms with Crippen LogP contribution in [0.25, 0.3) is 10.6 Å². The number of nitrogens with zero attached hydrogens (tertiary/aromatic N) is 1. The molecule has 1 heterocycles. The van der Waals surface area contributed by atoms with Crippen molar-refractivity contribution in [2.75, 3.05) is 11.9 Å². The number of esters is 1. The van der Waals surface area contributed by atoms with Crippen molar-refractivity contribution in [1.29, 1.82) is 0 Å². The molecule has 3 aromatic rings. The van der Waals surface area contributed by atoms with Crippen molar-refractivity contribution in [2.45, 2.75) is 13.8 Å². The molecular formula is C21H17ClN2O4S. The van der Waals surface area contributed by atoms with Crippen LogP contribution in [0.15, 0.2) is 48.5 Å². The third-order valence-corrected chi connectivity index (χ3v) is 5.37. The normalized spacial score (nSPS) is 10.4. The summed E-state index contributed by atoms with van der Waals surface area (Å²) in [7, 11) is 0. The molecule has 0 fully saturated rings. The van der Waals surface area contributed by atoms with Crippen LogP contribution in [0.3, 0.4) is 0 Å². The zero-order chi connectivity index (χ0) is 21.0. The molecule has 0 saturated carbocycles. The van der Waals surface area contributed by atoms with E-state index >= 15 is 0 Å². The molecule has 0 unspecified atom stereocenters. The van der Waals surface area contributed by atoms with E-state index in [2.05, 4.69) is 10.3 Å². The number of rotatable bonds is 6. The number of aryl methyl sites for hydroxylation is 1. The maximum absolute atomic E-state index is 12.4. The number of halogens is 1. The number of hydrogen-bond donors (Lipinski definition) is 1. The van der Waals surface area contributed by atoms with Gasteiger partial charge in [-0.3, -0.25) is 9.59 Å². The number of carbonyl (C=O) groups is 3. The van der Waals surface area contributed by atoms with Crippen molar-refractivity contribution in [1.82, 2.24) is 4.98 Å². The topological polar surface area (TPSA) is 85.4 Å². The van der Waals surface area contributed by atoms with Gasteiger partial charge in [0, 0.05) is 28.8 Å². The Hall–Kier alpha value is -3.03. The molecule has 29 heavy (non-hydrogen) atoms. The molecule has 0 aliphatic rings. The van der Waals surface area contributed by atoms with Crippen LogP contribution in [0.2, 0.25) is 5.02 Å². The van der Waals surface area contributed by atoms with Crippen LogP contribution in [0, 0.1) is 6.92 Å². The van der Waals surface area contributed by atoms with Crippen molar-refractivity contribution in [3.63, 3.8) is 0 Å². The van der Waals surface area contributed by atoms with Gasteiger partial charge in [-0.2, -0.15) is 0 Å². The van der Waals surface area contributed by atoms with Gasteiger partial charge in [0.15, 0.2) is 12.4 Å². The molecule has 1 N–H and O–H groups in total. The Morgan fingerprint density at radius 1 is 1.07 bits per heavy atom. The lowest BCUT2D eigenvalue weighted by atomic mass is 10.1. The SMILES string of the molecule is CC(=O)Nc1ccc(C(=O)COC(=O)c2sc(-c3ccc(Cl)cc3)nc2C)cc1. The largest absolute Gasteiger partial charge is 0.453 e. The maximum Gasteiger partial charge on any atom is 0.350 e. The summed E-state index contributed by atoms with van der Waals surface area (Å²) in [5.74, 6) is -1.13. The van der Waals surface area contributed by atoms with Crippen molar-refractivity contribution in [2.24, 2.45) is 0 Å². The summed E-state index contributed by atoms with van der Waals surface area (Å²) in [6.45, 7) is 2.74. The summed E-state index contributed by atoms with van der Waals surface area (Å²) < 4.78 is 5.18. The Labute approximate surface area is 176 Å². The number of benzene rings is 2. The van der Waals surface area contributed by atoms with E-state index in [-0.39, 0.29) is 18.3 Å². The Kier molecular flexibility index (Phi) is 6.41. The van der Waals surface area contributed by atoms with Crippen molar-refractivity contribution in [3.05, 3.63) is 69.7 Å². The number of amides is 1. The molecule has 1 amide bonds. The van der Waals surface area contributed by atoms with E-state index in [1.165, 1.54) is 18.3 Å². The van der Waals surface area contributed by atoms with E-state index in [1.807, 2.05) is 12.1 Å². The van der Waals surface area contributed by atoms with Crippen LogP contribution in [-0.2, 0) is 9.53 Å². The second kappa shape index (κ2) is 8.98. The molecule has 148 valence electrons. The lowest BCUT2D eigenvalue weighted by Crippen LogP contribution is -2.14. The summed E-state index contributed by atoms with van der Waals surface area (Å²) in [6, 6.07) is 13.5. The molecule has 1 aromatic heterocycles. The molecule has 0 bridgehead atoms. The fourth-order valence-electron chi connectivity index (χ4n) is 2.52. The second-order valence-electron chi connectivity index (χ2n) is 6.20. The number of thiazole rings is 1. The average Bonchev–Trinajstić information content (AvgIpc) is 3.08. The number of nitrogens with one attached hydrogen (secondary N) is 1. The molecule has 6 nitrogen and oxygen atoms in total. The Bertz CT molecular complexity index is 1060. The van der Waals surface area contributed by atoms with Gasteiger partial charge in [0.05, 0.1) is 5.69 Å². The number of anilines is 1. The maximum atomic E-state index is 12.4. The fraction of sp³-hybridized carbons (Fsp3) is 0.143. The summed E-state index contributed by atoms with van der Waals surface area (Å²) in [5, 5.41) is 3.91. The standard InChI is InChI=1S/C21H17ClN2O4S/c1-12-19(29-20(23-12)15-3-7-16(22)8-4-15)21(27)28-11-18(26)14-5-9-17(10-6-14)24-13(2)25/h3-10H,11H2,1-2H3,(H,24,25). The Balaban J connectivity index is 1.64. The molecule has 0 radical (unpaired) electrons. The fourth-order valence-corrected chi connectivity index (χ4v) is 3.62. The van der Waals surface area contributed by atoms with E-state index in [0.717, 1.165) is 5.56 Å². The molecule has 3 rings (SSSR count). The van der Waals surface area contributed by atoms with Crippen molar-refractivity contribution >= 4 is 46.3 Å². The minimum Gasteiger partial charge on any atom is -0.453 e. The monoisotopic (exact) mass is 428 g/mol. The van der Waals surface area contributed by atoms with E-state index in [1.54, 1.807) is 43.3 Å². The molecule has 0 aliphatic heterocycles. The van der Waals surface area contributed by atoms with Crippen molar-refractivity contribution < 1.29 is 19.1 Å². The Morgan fingerprint density at radius 2 is 1.72 bits per heavy atom. The lowest BCUT2D eigenvalue weighted by molar-refractivity contribution is -0.114. The number of ether oxygens (including phenoxy) is 1. The van der Waals surface area contributed by atoms with Crippen LogP contribution in [0.4, 0.5) is 5.69 Å². The number of hydrogen-bond acceptors (Lipinski definition) is 6. The minimum atomic E-state index is -0.594. The lowest BCUT2D eigenvalue weighted by Gasteiger charge is -2.05. The van der Waals surface area contributed by atoms with Gasteiger partial charge in [0.1, 0.15) is 9.88 Å². The Morgan fingerprint density at radius 3 is 2.34 bits per heavy atom. The van der Waals surface area contributed by atoms with Crippen LogP contribution in [0.1, 0.15) is 32.6 Å². The predicted octanol–water partition coefficient (Wildman–Crippen LogP) is 4.77. The predicted molar refractivity (Wildman–Crippen MR) is 113 cm³/mol. The molecular weight excluding hydrogens is 412 g/mol. The van der Waals surface area contributed by atoms with E-state index in [4.69, 9.17) is 16.3 Å². The summed E-state index contributed by atoms with van der Waals surface area (Å²) in [4.78, 5) is 40.5. The van der Waals surface area contributed by atoms with Gasteiger partial charge < -0.3 is 10.1 Å². The van der Waals surface area contributed by atoms with Gasteiger partial charge in [-0.05, 0) is 43.3 Å². The van der Waals surface area contributed by atoms with Crippen molar-refractivity contribution in [3.8, 4) is 10.6 Å². The summed E-state index contributed by atoms with van der Waals surface area (Å²) >= 11 is 7.10. The van der Waals surface area contributed by atoms with Gasteiger partial charge in [-0.25, -0.2) is 9.78 Å². The van der Waals surface area contributed by atoms with Gasteiger partial charge in [-0.1, -0.05) is 23.7 Å².